The first-order valence-electron chi connectivity index (χ1n) is 6.89. The third kappa shape index (κ3) is 6.54. The van der Waals surface area contributed by atoms with Crippen LogP contribution in [0.25, 0.3) is 0 Å². The highest BCUT2D eigenvalue weighted by Gasteiger charge is 2.27. The Bertz CT molecular complexity index is 296. The van der Waals surface area contributed by atoms with Crippen LogP contribution in [0, 0.1) is 0 Å². The van der Waals surface area contributed by atoms with Gasteiger partial charge in [0.05, 0.1) is 19.3 Å². The molecule has 0 aliphatic carbocycles. The first-order chi connectivity index (χ1) is 9.13. The predicted octanol–water partition coefficient (Wildman–Crippen LogP) is -0.0511. The smallest absolute Gasteiger partial charge is 0.305 e. The minimum atomic E-state index is -0.408. The van der Waals surface area contributed by atoms with Crippen LogP contribution in [-0.2, 0) is 14.3 Å². The number of unbranched alkanes of at least 4 members (excludes halogenated alkanes) is 3. The lowest BCUT2D eigenvalue weighted by Crippen LogP contribution is -2.40. The number of aliphatic hydroxyl groups excluding tert-OH is 1. The normalized spacial score (nSPS) is 22.2. The van der Waals surface area contributed by atoms with Gasteiger partial charge in [-0.2, -0.15) is 0 Å². The van der Waals surface area contributed by atoms with Crippen LogP contribution in [0.5, 0.6) is 0 Å². The molecule has 1 amide bonds. The van der Waals surface area contributed by atoms with Gasteiger partial charge >= 0.3 is 5.97 Å². The molecule has 6 heteroatoms. The van der Waals surface area contributed by atoms with Gasteiger partial charge in [-0.15, -0.1) is 0 Å². The SMILES string of the molecule is COC(=O)CCCCCCNC(=O)C1CC(O)CN1. The fourth-order valence-electron chi connectivity index (χ4n) is 2.10. The molecule has 1 aliphatic rings. The Balaban J connectivity index is 1.93. The number of ether oxygens (including phenoxy) is 1. The lowest BCUT2D eigenvalue weighted by atomic mass is 10.1. The van der Waals surface area contributed by atoms with Crippen LogP contribution in [0.4, 0.5) is 0 Å². The summed E-state index contributed by atoms with van der Waals surface area (Å²) in [5.74, 6) is -0.203. The van der Waals surface area contributed by atoms with Crippen molar-refractivity contribution in [3.05, 3.63) is 0 Å². The molecule has 0 aromatic carbocycles. The summed E-state index contributed by atoms with van der Waals surface area (Å²) < 4.78 is 4.55. The maximum atomic E-state index is 11.7. The van der Waals surface area contributed by atoms with Crippen molar-refractivity contribution in [2.75, 3.05) is 20.2 Å². The Labute approximate surface area is 113 Å². The Hall–Kier alpha value is -1.14. The number of hydrogen-bond donors (Lipinski definition) is 3. The molecule has 1 aliphatic heterocycles. The zero-order valence-corrected chi connectivity index (χ0v) is 11.5. The van der Waals surface area contributed by atoms with Crippen molar-refractivity contribution < 1.29 is 19.4 Å². The molecular weight excluding hydrogens is 248 g/mol. The summed E-state index contributed by atoms with van der Waals surface area (Å²) in [6.45, 7) is 1.14. The number of aliphatic hydroxyl groups is 1. The molecule has 1 saturated heterocycles. The van der Waals surface area contributed by atoms with Crippen LogP contribution in [0.2, 0.25) is 0 Å². The summed E-state index contributed by atoms with van der Waals surface area (Å²) in [6.07, 6.45) is 4.23. The maximum Gasteiger partial charge on any atom is 0.305 e. The third-order valence-electron chi connectivity index (χ3n) is 3.26. The summed E-state index contributed by atoms with van der Waals surface area (Å²) >= 11 is 0. The average molecular weight is 272 g/mol. The zero-order chi connectivity index (χ0) is 14.1. The summed E-state index contributed by atoms with van der Waals surface area (Å²) in [5, 5.41) is 15.1. The third-order valence-corrected chi connectivity index (χ3v) is 3.26. The maximum absolute atomic E-state index is 11.7. The van der Waals surface area contributed by atoms with Crippen LogP contribution in [-0.4, -0.2) is 49.3 Å². The van der Waals surface area contributed by atoms with E-state index >= 15 is 0 Å². The van der Waals surface area contributed by atoms with E-state index in [0.29, 0.717) is 25.9 Å². The van der Waals surface area contributed by atoms with Crippen molar-refractivity contribution in [3.63, 3.8) is 0 Å². The molecule has 3 N–H and O–H groups in total. The second kappa shape index (κ2) is 8.87. The number of carbonyl (C=O) groups is 2. The highest BCUT2D eigenvalue weighted by atomic mass is 16.5. The number of β-amino-alcohol motifs (C(OH)–C–C–N with tert-alkyl or cyclic N) is 1. The standard InChI is InChI=1S/C13H24N2O4/c1-19-12(17)6-4-2-3-5-7-14-13(18)11-8-10(16)9-15-11/h10-11,15-16H,2-9H2,1H3,(H,14,18). The largest absolute Gasteiger partial charge is 0.469 e. The van der Waals surface area contributed by atoms with E-state index < -0.39 is 6.10 Å². The Kier molecular flexibility index (Phi) is 7.43. The summed E-state index contributed by atoms with van der Waals surface area (Å²) in [7, 11) is 1.39. The van der Waals surface area contributed by atoms with Crippen molar-refractivity contribution in [3.8, 4) is 0 Å². The van der Waals surface area contributed by atoms with E-state index in [1.807, 2.05) is 0 Å². The molecule has 2 atom stereocenters. The Morgan fingerprint density at radius 2 is 2.05 bits per heavy atom. The zero-order valence-electron chi connectivity index (χ0n) is 11.5. The molecule has 110 valence electrons. The molecule has 1 fully saturated rings. The average Bonchev–Trinajstić information content (AvgIpc) is 2.83. The summed E-state index contributed by atoms with van der Waals surface area (Å²) in [6, 6.07) is -0.255. The van der Waals surface area contributed by atoms with Crippen molar-refractivity contribution in [2.24, 2.45) is 0 Å². The number of nitrogens with one attached hydrogen (secondary N) is 2. The Morgan fingerprint density at radius 1 is 1.32 bits per heavy atom. The molecule has 0 spiro atoms. The second-order valence-electron chi connectivity index (χ2n) is 4.88. The molecule has 1 heterocycles. The number of esters is 1. The van der Waals surface area contributed by atoms with Crippen LogP contribution in [0.1, 0.15) is 38.5 Å². The lowest BCUT2D eigenvalue weighted by molar-refractivity contribution is -0.140. The van der Waals surface area contributed by atoms with Crippen molar-refractivity contribution in [1.29, 1.82) is 0 Å². The Morgan fingerprint density at radius 3 is 2.68 bits per heavy atom. The minimum absolute atomic E-state index is 0.0360. The van der Waals surface area contributed by atoms with E-state index in [2.05, 4.69) is 15.4 Å². The fourth-order valence-corrected chi connectivity index (χ4v) is 2.10. The van der Waals surface area contributed by atoms with Gasteiger partial charge in [0.25, 0.3) is 0 Å². The van der Waals surface area contributed by atoms with Gasteiger partial charge in [0.2, 0.25) is 5.91 Å². The molecule has 2 unspecified atom stereocenters. The van der Waals surface area contributed by atoms with Crippen LogP contribution in [0.3, 0.4) is 0 Å². The molecule has 6 nitrogen and oxygen atoms in total. The van der Waals surface area contributed by atoms with Crippen molar-refractivity contribution >= 4 is 11.9 Å². The molecule has 1 rings (SSSR count). The molecule has 19 heavy (non-hydrogen) atoms. The van der Waals surface area contributed by atoms with E-state index in [4.69, 9.17) is 0 Å². The van der Waals surface area contributed by atoms with Crippen LogP contribution in [0.15, 0.2) is 0 Å². The van der Waals surface area contributed by atoms with E-state index in [0.717, 1.165) is 25.7 Å². The molecule has 0 radical (unpaired) electrons. The number of amides is 1. The number of methoxy groups -OCH3 is 1. The quantitative estimate of drug-likeness (QED) is 0.426. The number of rotatable bonds is 8. The number of carbonyl (C=O) groups excluding carboxylic acids is 2. The van der Waals surface area contributed by atoms with Gasteiger partial charge < -0.3 is 20.5 Å². The van der Waals surface area contributed by atoms with Gasteiger partial charge in [-0.25, -0.2) is 0 Å². The molecular formula is C13H24N2O4. The van der Waals surface area contributed by atoms with Gasteiger partial charge in [-0.1, -0.05) is 12.8 Å². The fraction of sp³-hybridized carbons (Fsp3) is 0.846. The first-order valence-corrected chi connectivity index (χ1v) is 6.89. The second-order valence-corrected chi connectivity index (χ2v) is 4.88. The summed E-state index contributed by atoms with van der Waals surface area (Å²) in [4.78, 5) is 22.5. The molecule has 0 saturated carbocycles. The molecule has 0 bridgehead atoms. The molecule has 0 aromatic rings. The van der Waals surface area contributed by atoms with E-state index in [9.17, 15) is 14.7 Å². The monoisotopic (exact) mass is 272 g/mol. The first kappa shape index (κ1) is 15.9. The van der Waals surface area contributed by atoms with E-state index in [1.165, 1.54) is 7.11 Å². The lowest BCUT2D eigenvalue weighted by Gasteiger charge is -2.10. The minimum Gasteiger partial charge on any atom is -0.469 e. The van der Waals surface area contributed by atoms with Gasteiger partial charge in [-0.05, 0) is 19.3 Å². The van der Waals surface area contributed by atoms with Crippen LogP contribution >= 0.6 is 0 Å². The van der Waals surface area contributed by atoms with Gasteiger partial charge in [0.15, 0.2) is 0 Å². The summed E-state index contributed by atoms with van der Waals surface area (Å²) in [5.41, 5.74) is 0. The van der Waals surface area contributed by atoms with E-state index in [1.54, 1.807) is 0 Å². The van der Waals surface area contributed by atoms with E-state index in [-0.39, 0.29) is 17.9 Å². The van der Waals surface area contributed by atoms with Crippen molar-refractivity contribution in [1.82, 2.24) is 10.6 Å². The van der Waals surface area contributed by atoms with Gasteiger partial charge in [0.1, 0.15) is 0 Å². The van der Waals surface area contributed by atoms with Gasteiger partial charge in [-0.3, -0.25) is 9.59 Å². The highest BCUT2D eigenvalue weighted by Crippen LogP contribution is 2.06. The predicted molar refractivity (Wildman–Crippen MR) is 70.5 cm³/mol. The van der Waals surface area contributed by atoms with Crippen LogP contribution < -0.4 is 10.6 Å². The van der Waals surface area contributed by atoms with Gasteiger partial charge in [0, 0.05) is 19.5 Å². The molecule has 0 aromatic heterocycles. The highest BCUT2D eigenvalue weighted by molar-refractivity contribution is 5.82. The number of hydrogen-bond acceptors (Lipinski definition) is 5. The van der Waals surface area contributed by atoms with Crippen molar-refractivity contribution in [2.45, 2.75) is 50.7 Å². The topological polar surface area (TPSA) is 87.7 Å².